The van der Waals surface area contributed by atoms with Crippen molar-refractivity contribution in [3.8, 4) is 0 Å². The van der Waals surface area contributed by atoms with E-state index in [-0.39, 0.29) is 0 Å². The maximum absolute atomic E-state index is 5.43. The molecule has 0 aliphatic heterocycles. The zero-order valence-corrected chi connectivity index (χ0v) is 9.81. The first kappa shape index (κ1) is 12.6. The van der Waals surface area contributed by atoms with Crippen LogP contribution in [-0.4, -0.2) is 20.8 Å². The fraction of sp³-hybridized carbons (Fsp3) is 0.385. The van der Waals surface area contributed by atoms with E-state index in [2.05, 4.69) is 0 Å². The van der Waals surface area contributed by atoms with Gasteiger partial charge in [-0.15, -0.1) is 0 Å². The molecule has 0 N–H and O–H groups in total. The molecule has 1 aromatic rings. The van der Waals surface area contributed by atoms with Gasteiger partial charge in [-0.3, -0.25) is 0 Å². The summed E-state index contributed by atoms with van der Waals surface area (Å²) in [6, 6.07) is 10.0. The predicted octanol–water partition coefficient (Wildman–Crippen LogP) is 2.73. The van der Waals surface area contributed by atoms with E-state index in [0.29, 0.717) is 13.2 Å². The second-order valence-corrected chi connectivity index (χ2v) is 3.33. The second-order valence-electron chi connectivity index (χ2n) is 3.33. The van der Waals surface area contributed by atoms with E-state index < -0.39 is 0 Å². The Morgan fingerprint density at radius 2 is 1.94 bits per heavy atom. The maximum atomic E-state index is 5.43. The molecule has 0 aromatic heterocycles. The van der Waals surface area contributed by atoms with E-state index in [1.165, 1.54) is 0 Å². The zero-order valence-electron chi connectivity index (χ0n) is 9.81. The fourth-order valence-electron chi connectivity index (χ4n) is 1.22. The molecule has 0 bridgehead atoms. The molecular weight excluding hydrogens is 204 g/mol. The largest absolute Gasteiger partial charge is 0.498 e. The Bertz CT molecular complexity index is 306. The summed E-state index contributed by atoms with van der Waals surface area (Å²) >= 11 is 0. The van der Waals surface area contributed by atoms with Crippen molar-refractivity contribution in [2.45, 2.75) is 13.0 Å². The van der Waals surface area contributed by atoms with Gasteiger partial charge in [0.05, 0.1) is 13.7 Å². The van der Waals surface area contributed by atoms with Crippen LogP contribution < -0.4 is 0 Å². The van der Waals surface area contributed by atoms with Gasteiger partial charge >= 0.3 is 0 Å². The number of hydrogen-bond acceptors (Lipinski definition) is 3. The summed E-state index contributed by atoms with van der Waals surface area (Å²) in [6.45, 7) is 1.19. The smallest absolute Gasteiger partial charge is 0.132 e. The standard InChI is InChI=1S/C13H18O3/c1-14-9-8-13(15-2)11-16-10-12-6-4-3-5-7-12/h3-7,11H,8-10H2,1-2H3. The lowest BCUT2D eigenvalue weighted by molar-refractivity contribution is 0.159. The summed E-state index contributed by atoms with van der Waals surface area (Å²) in [4.78, 5) is 0. The molecule has 0 saturated heterocycles. The lowest BCUT2D eigenvalue weighted by Gasteiger charge is -2.06. The van der Waals surface area contributed by atoms with E-state index in [9.17, 15) is 0 Å². The average molecular weight is 222 g/mol. The quantitative estimate of drug-likeness (QED) is 0.664. The molecule has 1 rings (SSSR count). The number of ether oxygens (including phenoxy) is 3. The highest BCUT2D eigenvalue weighted by molar-refractivity contribution is 5.13. The Balaban J connectivity index is 2.34. The van der Waals surface area contributed by atoms with Gasteiger partial charge in [-0.05, 0) is 5.56 Å². The molecular formula is C13H18O3. The summed E-state index contributed by atoms with van der Waals surface area (Å²) in [5, 5.41) is 0. The summed E-state index contributed by atoms with van der Waals surface area (Å²) < 4.78 is 15.5. The Hall–Kier alpha value is -1.48. The minimum absolute atomic E-state index is 0.556. The van der Waals surface area contributed by atoms with Crippen molar-refractivity contribution in [1.29, 1.82) is 0 Å². The van der Waals surface area contributed by atoms with Crippen molar-refractivity contribution in [1.82, 2.24) is 0 Å². The van der Waals surface area contributed by atoms with Crippen LogP contribution in [0.1, 0.15) is 12.0 Å². The highest BCUT2D eigenvalue weighted by Gasteiger charge is 1.96. The van der Waals surface area contributed by atoms with E-state index in [1.54, 1.807) is 20.5 Å². The van der Waals surface area contributed by atoms with Gasteiger partial charge in [-0.1, -0.05) is 30.3 Å². The normalized spacial score (nSPS) is 11.2. The molecule has 0 aliphatic carbocycles. The van der Waals surface area contributed by atoms with Gasteiger partial charge in [0.25, 0.3) is 0 Å². The molecule has 3 heteroatoms. The van der Waals surface area contributed by atoms with Crippen molar-refractivity contribution < 1.29 is 14.2 Å². The maximum Gasteiger partial charge on any atom is 0.132 e. The van der Waals surface area contributed by atoms with Crippen LogP contribution in [0, 0.1) is 0 Å². The van der Waals surface area contributed by atoms with Crippen LogP contribution >= 0.6 is 0 Å². The van der Waals surface area contributed by atoms with Crippen LogP contribution in [0.5, 0.6) is 0 Å². The summed E-state index contributed by atoms with van der Waals surface area (Å²) in [7, 11) is 3.30. The average Bonchev–Trinajstić information content (AvgIpc) is 2.35. The van der Waals surface area contributed by atoms with Crippen molar-refractivity contribution in [3.63, 3.8) is 0 Å². The first-order valence-corrected chi connectivity index (χ1v) is 5.24. The Morgan fingerprint density at radius 3 is 2.56 bits per heavy atom. The van der Waals surface area contributed by atoms with Crippen molar-refractivity contribution in [2.75, 3.05) is 20.8 Å². The lowest BCUT2D eigenvalue weighted by atomic mass is 10.2. The van der Waals surface area contributed by atoms with Gasteiger partial charge in [0.2, 0.25) is 0 Å². The third-order valence-electron chi connectivity index (χ3n) is 2.12. The third kappa shape index (κ3) is 4.84. The Labute approximate surface area is 96.6 Å². The van der Waals surface area contributed by atoms with Gasteiger partial charge in [-0.25, -0.2) is 0 Å². The van der Waals surface area contributed by atoms with Gasteiger partial charge in [-0.2, -0.15) is 0 Å². The lowest BCUT2D eigenvalue weighted by Crippen LogP contribution is -1.96. The predicted molar refractivity (Wildman–Crippen MR) is 62.8 cm³/mol. The van der Waals surface area contributed by atoms with Crippen LogP contribution in [0.25, 0.3) is 0 Å². The number of hydrogen-bond donors (Lipinski definition) is 0. The highest BCUT2D eigenvalue weighted by atomic mass is 16.5. The minimum atomic E-state index is 0.556. The van der Waals surface area contributed by atoms with Crippen LogP contribution in [0.3, 0.4) is 0 Å². The van der Waals surface area contributed by atoms with Crippen molar-refractivity contribution in [2.24, 2.45) is 0 Å². The van der Waals surface area contributed by atoms with Crippen LogP contribution in [-0.2, 0) is 20.8 Å². The molecule has 1 aromatic carbocycles. The molecule has 0 heterocycles. The first-order chi connectivity index (χ1) is 7.86. The van der Waals surface area contributed by atoms with Crippen LogP contribution in [0.2, 0.25) is 0 Å². The molecule has 0 radical (unpaired) electrons. The first-order valence-electron chi connectivity index (χ1n) is 5.24. The second kappa shape index (κ2) is 7.77. The van der Waals surface area contributed by atoms with E-state index in [4.69, 9.17) is 14.2 Å². The van der Waals surface area contributed by atoms with Gasteiger partial charge in [0.1, 0.15) is 18.6 Å². The van der Waals surface area contributed by atoms with Gasteiger partial charge in [0, 0.05) is 13.5 Å². The van der Waals surface area contributed by atoms with E-state index >= 15 is 0 Å². The Kier molecular flexibility index (Phi) is 6.11. The van der Waals surface area contributed by atoms with Gasteiger partial charge in [0.15, 0.2) is 0 Å². The molecule has 0 fully saturated rings. The molecule has 0 spiro atoms. The van der Waals surface area contributed by atoms with Crippen molar-refractivity contribution in [3.05, 3.63) is 47.9 Å². The minimum Gasteiger partial charge on any atom is -0.498 e. The molecule has 3 nitrogen and oxygen atoms in total. The topological polar surface area (TPSA) is 27.7 Å². The SMILES string of the molecule is COCCC(=COCc1ccccc1)OC. The van der Waals surface area contributed by atoms with Crippen molar-refractivity contribution >= 4 is 0 Å². The van der Waals surface area contributed by atoms with Crippen LogP contribution in [0.4, 0.5) is 0 Å². The summed E-state index contributed by atoms with van der Waals surface area (Å²) in [5.41, 5.74) is 1.14. The van der Waals surface area contributed by atoms with E-state index in [0.717, 1.165) is 17.7 Å². The highest BCUT2D eigenvalue weighted by Crippen LogP contribution is 2.05. The number of benzene rings is 1. The molecule has 0 saturated carbocycles. The molecule has 0 atom stereocenters. The number of rotatable bonds is 7. The third-order valence-corrected chi connectivity index (χ3v) is 2.12. The molecule has 0 amide bonds. The summed E-state index contributed by atoms with van der Waals surface area (Å²) in [6.07, 6.45) is 2.37. The van der Waals surface area contributed by atoms with Crippen LogP contribution in [0.15, 0.2) is 42.4 Å². The molecule has 0 unspecified atom stereocenters. The monoisotopic (exact) mass is 222 g/mol. The zero-order chi connectivity index (χ0) is 11.6. The fourth-order valence-corrected chi connectivity index (χ4v) is 1.22. The number of methoxy groups -OCH3 is 2. The van der Waals surface area contributed by atoms with E-state index in [1.807, 2.05) is 30.3 Å². The molecule has 88 valence electrons. The molecule has 0 aliphatic rings. The Morgan fingerprint density at radius 1 is 1.19 bits per heavy atom. The summed E-state index contributed by atoms with van der Waals surface area (Å²) in [5.74, 6) is 0.790. The molecule has 16 heavy (non-hydrogen) atoms. The van der Waals surface area contributed by atoms with Gasteiger partial charge < -0.3 is 14.2 Å².